The van der Waals surface area contributed by atoms with Gasteiger partial charge in [0.05, 0.1) is 17.0 Å². The smallest absolute Gasteiger partial charge is 0.340 e. The summed E-state index contributed by atoms with van der Waals surface area (Å²) in [5, 5.41) is 4.62. The quantitative estimate of drug-likeness (QED) is 0.691. The molecule has 0 spiro atoms. The fourth-order valence-electron chi connectivity index (χ4n) is 1.72. The number of nitrogens with two attached hydrogens (primary N) is 1. The van der Waals surface area contributed by atoms with E-state index in [4.69, 9.17) is 22.1 Å². The van der Waals surface area contributed by atoms with E-state index < -0.39 is 5.97 Å². The molecule has 0 aliphatic rings. The van der Waals surface area contributed by atoms with Crippen molar-refractivity contribution in [2.75, 3.05) is 5.73 Å². The molecule has 5 nitrogen and oxygen atoms in total. The number of carbonyl (C=O) groups excluding carboxylic acids is 1. The summed E-state index contributed by atoms with van der Waals surface area (Å²) in [4.78, 5) is 11.9. The molecular weight excluding hydrogens is 266 g/mol. The fraction of sp³-hybridized carbons (Fsp3) is 0.231. The Morgan fingerprint density at radius 1 is 1.47 bits per heavy atom. The van der Waals surface area contributed by atoms with Crippen molar-refractivity contribution in [2.24, 2.45) is 7.05 Å². The van der Waals surface area contributed by atoms with Gasteiger partial charge in [0.1, 0.15) is 6.61 Å². The van der Waals surface area contributed by atoms with Gasteiger partial charge in [0.2, 0.25) is 0 Å². The first-order valence-electron chi connectivity index (χ1n) is 5.69. The molecule has 0 saturated heterocycles. The fourth-order valence-corrected chi connectivity index (χ4v) is 1.89. The minimum atomic E-state index is -0.501. The Hall–Kier alpha value is -2.01. The predicted octanol–water partition coefficient (Wildman–Crippen LogP) is 2.32. The lowest BCUT2D eigenvalue weighted by molar-refractivity contribution is 0.0465. The number of esters is 1. The van der Waals surface area contributed by atoms with Crippen LogP contribution in [-0.4, -0.2) is 15.7 Å². The number of benzene rings is 1. The van der Waals surface area contributed by atoms with E-state index in [1.54, 1.807) is 23.9 Å². The summed E-state index contributed by atoms with van der Waals surface area (Å²) < 4.78 is 6.88. The number of aromatic nitrogens is 2. The molecule has 1 aromatic carbocycles. The number of carbonyl (C=O) groups is 1. The monoisotopic (exact) mass is 279 g/mol. The van der Waals surface area contributed by atoms with E-state index in [9.17, 15) is 4.79 Å². The SMILES string of the molecule is Cc1cc(COC(=O)c2cc(Cl)ccc2N)n(C)n1. The molecule has 19 heavy (non-hydrogen) atoms. The zero-order chi connectivity index (χ0) is 14.0. The first-order chi connectivity index (χ1) is 8.97. The Kier molecular flexibility index (Phi) is 3.76. The number of hydrogen-bond donors (Lipinski definition) is 1. The lowest BCUT2D eigenvalue weighted by atomic mass is 10.2. The van der Waals surface area contributed by atoms with Crippen LogP contribution in [-0.2, 0) is 18.4 Å². The van der Waals surface area contributed by atoms with Crippen molar-refractivity contribution >= 4 is 23.3 Å². The maximum absolute atomic E-state index is 11.9. The highest BCUT2D eigenvalue weighted by molar-refractivity contribution is 6.31. The summed E-state index contributed by atoms with van der Waals surface area (Å²) in [7, 11) is 1.80. The average molecular weight is 280 g/mol. The summed E-state index contributed by atoms with van der Waals surface area (Å²) in [6, 6.07) is 6.55. The second-order valence-electron chi connectivity index (χ2n) is 4.21. The van der Waals surface area contributed by atoms with Crippen molar-refractivity contribution in [3.05, 3.63) is 46.2 Å². The standard InChI is InChI=1S/C13H14ClN3O2/c1-8-5-10(17(2)16-8)7-19-13(18)11-6-9(14)3-4-12(11)15/h3-6H,7,15H2,1-2H3. The third-order valence-corrected chi connectivity index (χ3v) is 2.92. The van der Waals surface area contributed by atoms with Crippen LogP contribution in [0.3, 0.4) is 0 Å². The second-order valence-corrected chi connectivity index (χ2v) is 4.64. The van der Waals surface area contributed by atoms with Crippen LogP contribution in [0.2, 0.25) is 5.02 Å². The molecule has 0 unspecified atom stereocenters. The van der Waals surface area contributed by atoms with Crippen LogP contribution in [0.15, 0.2) is 24.3 Å². The molecule has 2 aromatic rings. The van der Waals surface area contributed by atoms with E-state index in [1.165, 1.54) is 6.07 Å². The van der Waals surface area contributed by atoms with Gasteiger partial charge >= 0.3 is 5.97 Å². The van der Waals surface area contributed by atoms with Gasteiger partial charge < -0.3 is 10.5 Å². The van der Waals surface area contributed by atoms with Gasteiger partial charge in [-0.2, -0.15) is 5.10 Å². The van der Waals surface area contributed by atoms with Crippen molar-refractivity contribution in [2.45, 2.75) is 13.5 Å². The average Bonchev–Trinajstić information content (AvgIpc) is 2.68. The molecule has 0 bridgehead atoms. The van der Waals surface area contributed by atoms with Gasteiger partial charge in [-0.3, -0.25) is 4.68 Å². The number of nitrogens with zero attached hydrogens (tertiary/aromatic N) is 2. The minimum Gasteiger partial charge on any atom is -0.456 e. The molecular formula is C13H14ClN3O2. The summed E-state index contributed by atoms with van der Waals surface area (Å²) in [6.07, 6.45) is 0. The number of halogens is 1. The maximum atomic E-state index is 11.9. The predicted molar refractivity (Wildman–Crippen MR) is 72.9 cm³/mol. The Bertz CT molecular complexity index is 622. The Balaban J connectivity index is 2.09. The normalized spacial score (nSPS) is 10.5. The van der Waals surface area contributed by atoms with Crippen molar-refractivity contribution in [1.29, 1.82) is 0 Å². The molecule has 0 saturated carbocycles. The van der Waals surface area contributed by atoms with Crippen LogP contribution in [0.25, 0.3) is 0 Å². The van der Waals surface area contributed by atoms with Gasteiger partial charge in [0.25, 0.3) is 0 Å². The Morgan fingerprint density at radius 3 is 2.84 bits per heavy atom. The number of hydrogen-bond acceptors (Lipinski definition) is 4. The molecule has 2 N–H and O–H groups in total. The molecule has 0 amide bonds. The molecule has 0 radical (unpaired) electrons. The third-order valence-electron chi connectivity index (χ3n) is 2.69. The lowest BCUT2D eigenvalue weighted by Gasteiger charge is -2.07. The van der Waals surface area contributed by atoms with Crippen LogP contribution in [0.5, 0.6) is 0 Å². The summed E-state index contributed by atoms with van der Waals surface area (Å²) in [6.45, 7) is 2.02. The molecule has 0 atom stereocenters. The number of aryl methyl sites for hydroxylation is 2. The molecule has 0 aliphatic carbocycles. The highest BCUT2D eigenvalue weighted by Gasteiger charge is 2.13. The topological polar surface area (TPSA) is 70.1 Å². The molecule has 1 heterocycles. The van der Waals surface area contributed by atoms with Gasteiger partial charge in [-0.1, -0.05) is 11.6 Å². The van der Waals surface area contributed by atoms with Crippen molar-refractivity contribution < 1.29 is 9.53 Å². The van der Waals surface area contributed by atoms with Crippen LogP contribution in [0.1, 0.15) is 21.7 Å². The Labute approximate surface area is 115 Å². The minimum absolute atomic E-state index is 0.141. The first-order valence-corrected chi connectivity index (χ1v) is 6.07. The molecule has 0 fully saturated rings. The highest BCUT2D eigenvalue weighted by Crippen LogP contribution is 2.19. The van der Waals surface area contributed by atoms with E-state index in [0.29, 0.717) is 10.7 Å². The number of anilines is 1. The molecule has 0 aliphatic heterocycles. The summed E-state index contributed by atoms with van der Waals surface area (Å²) in [5.74, 6) is -0.501. The molecule has 2 rings (SSSR count). The van der Waals surface area contributed by atoms with Gasteiger partial charge in [0, 0.05) is 17.8 Å². The number of nitrogen functional groups attached to an aromatic ring is 1. The maximum Gasteiger partial charge on any atom is 0.340 e. The summed E-state index contributed by atoms with van der Waals surface area (Å²) >= 11 is 5.83. The van der Waals surface area contributed by atoms with Crippen molar-refractivity contribution in [3.63, 3.8) is 0 Å². The van der Waals surface area contributed by atoms with Gasteiger partial charge in [0.15, 0.2) is 0 Å². The molecule has 1 aromatic heterocycles. The van der Waals surface area contributed by atoms with Crippen LogP contribution in [0, 0.1) is 6.92 Å². The molecule has 6 heteroatoms. The van der Waals surface area contributed by atoms with Crippen LogP contribution in [0.4, 0.5) is 5.69 Å². The van der Waals surface area contributed by atoms with Gasteiger partial charge in [-0.15, -0.1) is 0 Å². The van der Waals surface area contributed by atoms with E-state index in [2.05, 4.69) is 5.10 Å². The third kappa shape index (κ3) is 3.06. The van der Waals surface area contributed by atoms with Crippen LogP contribution < -0.4 is 5.73 Å². The van der Waals surface area contributed by atoms with E-state index in [-0.39, 0.29) is 12.2 Å². The summed E-state index contributed by atoms with van der Waals surface area (Å²) in [5.41, 5.74) is 8.01. The van der Waals surface area contributed by atoms with Crippen LogP contribution >= 0.6 is 11.6 Å². The van der Waals surface area contributed by atoms with Crippen molar-refractivity contribution in [1.82, 2.24) is 9.78 Å². The first kappa shape index (κ1) is 13.4. The van der Waals surface area contributed by atoms with E-state index in [1.807, 2.05) is 13.0 Å². The van der Waals surface area contributed by atoms with Crippen molar-refractivity contribution in [3.8, 4) is 0 Å². The second kappa shape index (κ2) is 5.32. The molecule has 100 valence electrons. The Morgan fingerprint density at radius 2 is 2.21 bits per heavy atom. The largest absolute Gasteiger partial charge is 0.456 e. The highest BCUT2D eigenvalue weighted by atomic mass is 35.5. The van der Waals surface area contributed by atoms with Gasteiger partial charge in [-0.25, -0.2) is 4.79 Å². The van der Waals surface area contributed by atoms with E-state index >= 15 is 0 Å². The number of ether oxygens (including phenoxy) is 1. The van der Waals surface area contributed by atoms with Gasteiger partial charge in [-0.05, 0) is 31.2 Å². The zero-order valence-electron chi connectivity index (χ0n) is 10.7. The van der Waals surface area contributed by atoms with E-state index in [0.717, 1.165) is 11.4 Å². The number of rotatable bonds is 3. The lowest BCUT2D eigenvalue weighted by Crippen LogP contribution is -2.10. The zero-order valence-corrected chi connectivity index (χ0v) is 11.4.